The first kappa shape index (κ1) is 16.4. The molecule has 2 aromatic heterocycles. The fourth-order valence-corrected chi connectivity index (χ4v) is 2.37. The van der Waals surface area contributed by atoms with Crippen LogP contribution in [-0.4, -0.2) is 36.5 Å². The molecule has 0 aliphatic carbocycles. The monoisotopic (exact) mass is 339 g/mol. The highest BCUT2D eigenvalue weighted by Gasteiger charge is 2.13. The number of carbonyl (C=O) groups is 2. The third-order valence-corrected chi connectivity index (χ3v) is 3.61. The van der Waals surface area contributed by atoms with Gasteiger partial charge in [0, 0.05) is 12.4 Å². The van der Waals surface area contributed by atoms with Crippen LogP contribution in [0.5, 0.6) is 0 Å². The molecule has 3 aromatic rings. The third-order valence-electron chi connectivity index (χ3n) is 3.61. The maximum absolute atomic E-state index is 12.1. The highest BCUT2D eigenvalue weighted by Crippen LogP contribution is 2.09. The summed E-state index contributed by atoms with van der Waals surface area (Å²) in [6.07, 6.45) is 4.61. The van der Waals surface area contributed by atoms with Crippen LogP contribution in [0.15, 0.2) is 48.9 Å². The van der Waals surface area contributed by atoms with Crippen molar-refractivity contribution in [3.05, 3.63) is 65.7 Å². The minimum atomic E-state index is -1.13. The van der Waals surface area contributed by atoms with E-state index in [9.17, 15) is 9.59 Å². The second-order valence-electron chi connectivity index (χ2n) is 5.64. The van der Waals surface area contributed by atoms with Crippen molar-refractivity contribution in [3.63, 3.8) is 0 Å². The molecule has 8 nitrogen and oxygen atoms in total. The van der Waals surface area contributed by atoms with Crippen LogP contribution < -0.4 is 5.32 Å². The van der Waals surface area contributed by atoms with E-state index in [1.165, 1.54) is 17.8 Å². The summed E-state index contributed by atoms with van der Waals surface area (Å²) in [5.74, 6) is -1.50. The van der Waals surface area contributed by atoms with E-state index in [2.05, 4.69) is 15.5 Å². The molecule has 0 saturated heterocycles. The van der Waals surface area contributed by atoms with Crippen LogP contribution in [0.2, 0.25) is 0 Å². The first-order valence-electron chi connectivity index (χ1n) is 7.64. The molecule has 0 aliphatic rings. The van der Waals surface area contributed by atoms with Crippen LogP contribution in [-0.2, 0) is 17.9 Å². The highest BCUT2D eigenvalue weighted by atomic mass is 16.4. The fraction of sp³-hybridized carbons (Fsp3) is 0.176. The topological polar surface area (TPSA) is 102 Å². The van der Waals surface area contributed by atoms with Gasteiger partial charge in [0.25, 0.3) is 0 Å². The summed E-state index contributed by atoms with van der Waals surface area (Å²) in [6.45, 7) is 2.44. The van der Waals surface area contributed by atoms with E-state index in [0.717, 1.165) is 10.2 Å². The SMILES string of the molecule is Cc1ccc(Cn2cc(NC(=O)Cn3nccc3C(=O)O)cn2)cc1. The second-order valence-corrected chi connectivity index (χ2v) is 5.64. The number of aryl methyl sites for hydroxylation is 1. The number of rotatable bonds is 6. The molecule has 0 fully saturated rings. The molecule has 3 rings (SSSR count). The lowest BCUT2D eigenvalue weighted by atomic mass is 10.1. The van der Waals surface area contributed by atoms with E-state index in [1.807, 2.05) is 31.2 Å². The van der Waals surface area contributed by atoms with Crippen molar-refractivity contribution in [2.75, 3.05) is 5.32 Å². The smallest absolute Gasteiger partial charge is 0.354 e. The zero-order valence-corrected chi connectivity index (χ0v) is 13.6. The number of nitrogens with one attached hydrogen (secondary N) is 1. The van der Waals surface area contributed by atoms with Gasteiger partial charge in [-0.3, -0.25) is 9.48 Å². The van der Waals surface area contributed by atoms with Crippen molar-refractivity contribution in [3.8, 4) is 0 Å². The van der Waals surface area contributed by atoms with Crippen LogP contribution in [0.4, 0.5) is 5.69 Å². The van der Waals surface area contributed by atoms with Crippen molar-refractivity contribution >= 4 is 17.6 Å². The van der Waals surface area contributed by atoms with Gasteiger partial charge in [-0.1, -0.05) is 29.8 Å². The number of carboxylic acid groups (broad SMARTS) is 1. The van der Waals surface area contributed by atoms with Gasteiger partial charge in [-0.25, -0.2) is 9.48 Å². The van der Waals surface area contributed by atoms with Gasteiger partial charge >= 0.3 is 5.97 Å². The quantitative estimate of drug-likeness (QED) is 0.712. The molecule has 0 saturated carbocycles. The zero-order chi connectivity index (χ0) is 17.8. The maximum Gasteiger partial charge on any atom is 0.354 e. The van der Waals surface area contributed by atoms with Gasteiger partial charge in [-0.2, -0.15) is 10.2 Å². The number of anilines is 1. The van der Waals surface area contributed by atoms with Crippen molar-refractivity contribution in [1.29, 1.82) is 0 Å². The minimum absolute atomic E-state index is 0.0368. The molecule has 8 heteroatoms. The van der Waals surface area contributed by atoms with Gasteiger partial charge in [0.1, 0.15) is 12.2 Å². The van der Waals surface area contributed by atoms with E-state index < -0.39 is 5.97 Å². The predicted octanol–water partition coefficient (Wildman–Crippen LogP) is 1.77. The van der Waals surface area contributed by atoms with E-state index in [0.29, 0.717) is 12.2 Å². The van der Waals surface area contributed by atoms with E-state index in [-0.39, 0.29) is 18.1 Å². The molecular formula is C17H17N5O3. The van der Waals surface area contributed by atoms with Gasteiger partial charge in [-0.05, 0) is 18.6 Å². The Labute approximate surface area is 143 Å². The molecule has 2 heterocycles. The van der Waals surface area contributed by atoms with Crippen LogP contribution in [0.3, 0.4) is 0 Å². The first-order valence-corrected chi connectivity index (χ1v) is 7.64. The van der Waals surface area contributed by atoms with E-state index in [1.54, 1.807) is 17.1 Å². The van der Waals surface area contributed by atoms with Crippen LogP contribution in [0, 0.1) is 6.92 Å². The average molecular weight is 339 g/mol. The van der Waals surface area contributed by atoms with Crippen LogP contribution in [0.25, 0.3) is 0 Å². The van der Waals surface area contributed by atoms with Crippen LogP contribution >= 0.6 is 0 Å². The Morgan fingerprint density at radius 3 is 2.64 bits per heavy atom. The first-order chi connectivity index (χ1) is 12.0. The molecule has 0 unspecified atom stereocenters. The lowest BCUT2D eigenvalue weighted by Gasteiger charge is -2.05. The Morgan fingerprint density at radius 2 is 1.92 bits per heavy atom. The molecule has 0 spiro atoms. The number of nitrogens with zero attached hydrogens (tertiary/aromatic N) is 4. The number of aromatic nitrogens is 4. The minimum Gasteiger partial charge on any atom is -0.477 e. The third kappa shape index (κ3) is 4.11. The van der Waals surface area contributed by atoms with Gasteiger partial charge in [0.15, 0.2) is 0 Å². The Hall–Kier alpha value is -3.42. The number of hydrogen-bond donors (Lipinski definition) is 2. The van der Waals surface area contributed by atoms with E-state index >= 15 is 0 Å². The molecule has 128 valence electrons. The Kier molecular flexibility index (Phi) is 4.60. The van der Waals surface area contributed by atoms with Crippen molar-refractivity contribution in [2.24, 2.45) is 0 Å². The number of hydrogen-bond acceptors (Lipinski definition) is 4. The Balaban J connectivity index is 1.61. The van der Waals surface area contributed by atoms with E-state index in [4.69, 9.17) is 5.11 Å². The molecule has 0 aliphatic heterocycles. The number of amides is 1. The number of benzene rings is 1. The molecular weight excluding hydrogens is 322 g/mol. The summed E-state index contributed by atoms with van der Waals surface area (Å²) < 4.78 is 2.85. The highest BCUT2D eigenvalue weighted by molar-refractivity contribution is 5.91. The summed E-state index contributed by atoms with van der Waals surface area (Å²) in [7, 11) is 0. The molecule has 1 aromatic carbocycles. The average Bonchev–Trinajstić information content (AvgIpc) is 3.19. The van der Waals surface area contributed by atoms with Crippen molar-refractivity contribution < 1.29 is 14.7 Å². The lowest BCUT2D eigenvalue weighted by molar-refractivity contribution is -0.116. The van der Waals surface area contributed by atoms with Crippen molar-refractivity contribution in [2.45, 2.75) is 20.0 Å². The molecule has 0 bridgehead atoms. The largest absolute Gasteiger partial charge is 0.477 e. The predicted molar refractivity (Wildman–Crippen MR) is 90.3 cm³/mol. The number of aromatic carboxylic acids is 1. The molecule has 0 radical (unpaired) electrons. The molecule has 0 atom stereocenters. The molecule has 25 heavy (non-hydrogen) atoms. The summed E-state index contributed by atoms with van der Waals surface area (Å²) in [5.41, 5.74) is 2.80. The summed E-state index contributed by atoms with van der Waals surface area (Å²) in [5, 5.41) is 19.8. The number of carboxylic acids is 1. The summed E-state index contributed by atoms with van der Waals surface area (Å²) in [4.78, 5) is 23.1. The van der Waals surface area contributed by atoms with Gasteiger partial charge in [-0.15, -0.1) is 0 Å². The lowest BCUT2D eigenvalue weighted by Crippen LogP contribution is -2.22. The molecule has 1 amide bonds. The fourth-order valence-electron chi connectivity index (χ4n) is 2.37. The summed E-state index contributed by atoms with van der Waals surface area (Å²) in [6, 6.07) is 9.47. The van der Waals surface area contributed by atoms with Crippen LogP contribution in [0.1, 0.15) is 21.6 Å². The Bertz CT molecular complexity index is 895. The number of carbonyl (C=O) groups excluding carboxylic acids is 1. The van der Waals surface area contributed by atoms with Gasteiger partial charge < -0.3 is 10.4 Å². The standard InChI is InChI=1S/C17H17N5O3/c1-12-2-4-13(5-3-12)9-21-10-14(8-19-21)20-16(23)11-22-15(17(24)25)6-7-18-22/h2-8,10H,9,11H2,1H3,(H,20,23)(H,24,25). The van der Waals surface area contributed by atoms with Gasteiger partial charge in [0.2, 0.25) is 5.91 Å². The van der Waals surface area contributed by atoms with Gasteiger partial charge in [0.05, 0.1) is 18.4 Å². The normalized spacial score (nSPS) is 10.6. The molecule has 2 N–H and O–H groups in total. The van der Waals surface area contributed by atoms with Crippen molar-refractivity contribution in [1.82, 2.24) is 19.6 Å². The summed E-state index contributed by atoms with van der Waals surface area (Å²) >= 11 is 0. The maximum atomic E-state index is 12.1. The Morgan fingerprint density at radius 1 is 1.16 bits per heavy atom. The zero-order valence-electron chi connectivity index (χ0n) is 13.6. The second kappa shape index (κ2) is 7.00.